The lowest BCUT2D eigenvalue weighted by Crippen LogP contribution is -2.41. The number of nitrogens with one attached hydrogen (secondary N) is 4. The largest absolute Gasteiger partial charge is 0.295 e. The van der Waals surface area contributed by atoms with Gasteiger partial charge in [0.1, 0.15) is 6.42 Å². The van der Waals surface area contributed by atoms with Crippen LogP contribution in [0.2, 0.25) is 0 Å². The van der Waals surface area contributed by atoms with E-state index in [4.69, 9.17) is 5.84 Å². The predicted octanol–water partition coefficient (Wildman–Crippen LogP) is -3.07. The first kappa shape index (κ1) is 17.6. The van der Waals surface area contributed by atoms with E-state index in [0.717, 1.165) is 0 Å². The molecular formula is C7H18N6O4. The standard InChI is InChI=1S/C5H12N4O3.C2H6N2O/c1-2-12-9-8-5(11)3-4(10)7-6;1-2(5)4-3/h9H,2-3,6H2,1H3,(H,7,10)(H,8,11);3H2,1H3,(H,4,5). The van der Waals surface area contributed by atoms with Gasteiger partial charge in [-0.25, -0.2) is 11.7 Å². The minimum Gasteiger partial charge on any atom is -0.295 e. The third kappa shape index (κ3) is 16.9. The Hall–Kier alpha value is -1.75. The number of carbonyl (C=O) groups excluding carboxylic acids is 3. The highest BCUT2D eigenvalue weighted by Gasteiger charge is 2.06. The summed E-state index contributed by atoms with van der Waals surface area (Å²) >= 11 is 0. The maximum Gasteiger partial charge on any atom is 0.245 e. The SMILES string of the molecule is CC(=O)NN.CCONNC(=O)CC(=O)NN. The zero-order chi connectivity index (χ0) is 13.7. The summed E-state index contributed by atoms with van der Waals surface area (Å²) in [5, 5.41) is 0. The first-order valence-corrected chi connectivity index (χ1v) is 4.60. The van der Waals surface area contributed by atoms with Crippen LogP contribution >= 0.6 is 0 Å². The van der Waals surface area contributed by atoms with Crippen LogP contribution in [0.15, 0.2) is 0 Å². The number of hydrogen-bond donors (Lipinski definition) is 6. The number of amides is 3. The smallest absolute Gasteiger partial charge is 0.245 e. The molecule has 8 N–H and O–H groups in total. The Balaban J connectivity index is 0. The molecule has 10 heteroatoms. The molecule has 0 saturated carbocycles. The molecule has 0 aliphatic heterocycles. The fraction of sp³-hybridized carbons (Fsp3) is 0.571. The molecule has 0 bridgehead atoms. The Labute approximate surface area is 98.3 Å². The van der Waals surface area contributed by atoms with Crippen LogP contribution in [0.1, 0.15) is 20.3 Å². The van der Waals surface area contributed by atoms with E-state index in [9.17, 15) is 14.4 Å². The van der Waals surface area contributed by atoms with Crippen LogP contribution in [0.25, 0.3) is 0 Å². The van der Waals surface area contributed by atoms with E-state index in [2.05, 4.69) is 21.7 Å². The van der Waals surface area contributed by atoms with Crippen molar-refractivity contribution in [3.63, 3.8) is 0 Å². The molecule has 0 heterocycles. The van der Waals surface area contributed by atoms with Gasteiger partial charge in [0, 0.05) is 6.92 Å². The average molecular weight is 250 g/mol. The average Bonchev–Trinajstić information content (AvgIpc) is 2.30. The second kappa shape index (κ2) is 12.3. The summed E-state index contributed by atoms with van der Waals surface area (Å²) in [7, 11) is 0. The lowest BCUT2D eigenvalue weighted by Gasteiger charge is -2.04. The van der Waals surface area contributed by atoms with Crippen LogP contribution in [-0.2, 0) is 19.2 Å². The molecule has 0 saturated heterocycles. The second-order valence-electron chi connectivity index (χ2n) is 2.53. The van der Waals surface area contributed by atoms with Gasteiger partial charge in [0.25, 0.3) is 0 Å². The quantitative estimate of drug-likeness (QED) is 0.0992. The number of rotatable bonds is 5. The maximum absolute atomic E-state index is 10.7. The summed E-state index contributed by atoms with van der Waals surface area (Å²) in [5.74, 6) is 8.01. The molecular weight excluding hydrogens is 232 g/mol. The number of hydrogen-bond acceptors (Lipinski definition) is 7. The van der Waals surface area contributed by atoms with E-state index < -0.39 is 11.8 Å². The van der Waals surface area contributed by atoms with Crippen LogP contribution < -0.4 is 33.6 Å². The van der Waals surface area contributed by atoms with Crippen LogP contribution in [0.4, 0.5) is 0 Å². The minimum atomic E-state index is -0.564. The molecule has 0 unspecified atom stereocenters. The van der Waals surface area contributed by atoms with E-state index >= 15 is 0 Å². The summed E-state index contributed by atoms with van der Waals surface area (Å²) in [6.07, 6.45) is -0.337. The lowest BCUT2D eigenvalue weighted by molar-refractivity contribution is -0.132. The van der Waals surface area contributed by atoms with Gasteiger partial charge < -0.3 is 0 Å². The van der Waals surface area contributed by atoms with Gasteiger partial charge in [0.15, 0.2) is 0 Å². The first-order chi connectivity index (χ1) is 7.97. The first-order valence-electron chi connectivity index (χ1n) is 4.60. The van der Waals surface area contributed by atoms with Gasteiger partial charge >= 0.3 is 0 Å². The normalized spacial score (nSPS) is 8.47. The Kier molecular flexibility index (Phi) is 12.8. The lowest BCUT2D eigenvalue weighted by atomic mass is 10.4. The van der Waals surface area contributed by atoms with Crippen molar-refractivity contribution in [1.29, 1.82) is 0 Å². The van der Waals surface area contributed by atoms with E-state index in [1.54, 1.807) is 6.92 Å². The minimum absolute atomic E-state index is 0.218. The molecule has 0 rings (SSSR count). The van der Waals surface area contributed by atoms with Crippen LogP contribution in [0, 0.1) is 0 Å². The Morgan fingerprint density at radius 3 is 2.00 bits per heavy atom. The zero-order valence-electron chi connectivity index (χ0n) is 9.70. The van der Waals surface area contributed by atoms with E-state index in [1.165, 1.54) is 6.92 Å². The van der Waals surface area contributed by atoms with Gasteiger partial charge in [0.05, 0.1) is 6.61 Å². The van der Waals surface area contributed by atoms with Gasteiger partial charge in [-0.05, 0) is 6.92 Å². The number of nitrogens with two attached hydrogens (primary N) is 2. The molecule has 0 radical (unpaired) electrons. The van der Waals surface area contributed by atoms with E-state index in [1.807, 2.05) is 10.9 Å². The Bertz CT molecular complexity index is 247. The van der Waals surface area contributed by atoms with Crippen molar-refractivity contribution in [2.75, 3.05) is 6.61 Å². The van der Waals surface area contributed by atoms with Gasteiger partial charge in [-0.2, -0.15) is 0 Å². The molecule has 0 atom stereocenters. The van der Waals surface area contributed by atoms with Gasteiger partial charge in [-0.1, -0.05) is 0 Å². The molecule has 0 aromatic carbocycles. The maximum atomic E-state index is 10.7. The van der Waals surface area contributed by atoms with Gasteiger partial charge in [0.2, 0.25) is 17.7 Å². The highest BCUT2D eigenvalue weighted by atomic mass is 16.7. The third-order valence-corrected chi connectivity index (χ3v) is 1.09. The topological polar surface area (TPSA) is 161 Å². The zero-order valence-corrected chi connectivity index (χ0v) is 9.70. The number of hydrazine groups is 3. The summed E-state index contributed by atoms with van der Waals surface area (Å²) in [5.41, 5.74) is 7.97. The van der Waals surface area contributed by atoms with Crippen molar-refractivity contribution >= 4 is 17.7 Å². The molecule has 3 amide bonds. The van der Waals surface area contributed by atoms with Crippen molar-refractivity contribution in [2.45, 2.75) is 20.3 Å². The fourth-order valence-corrected chi connectivity index (χ4v) is 0.406. The van der Waals surface area contributed by atoms with E-state index in [0.29, 0.717) is 6.61 Å². The molecule has 10 nitrogen and oxygen atoms in total. The molecule has 0 aliphatic carbocycles. The Morgan fingerprint density at radius 2 is 1.65 bits per heavy atom. The van der Waals surface area contributed by atoms with Crippen LogP contribution in [-0.4, -0.2) is 24.3 Å². The molecule has 0 aromatic heterocycles. The highest BCUT2D eigenvalue weighted by molar-refractivity contribution is 5.96. The molecule has 0 fully saturated rings. The summed E-state index contributed by atoms with van der Waals surface area (Å²) in [6, 6.07) is 0. The highest BCUT2D eigenvalue weighted by Crippen LogP contribution is 1.75. The van der Waals surface area contributed by atoms with Crippen molar-refractivity contribution in [3.8, 4) is 0 Å². The molecule has 0 aromatic rings. The van der Waals surface area contributed by atoms with Crippen LogP contribution in [0.5, 0.6) is 0 Å². The summed E-state index contributed by atoms with van der Waals surface area (Å²) in [6.45, 7) is 3.50. The molecule has 100 valence electrons. The van der Waals surface area contributed by atoms with Gasteiger partial charge in [-0.3, -0.25) is 35.5 Å². The second-order valence-corrected chi connectivity index (χ2v) is 2.53. The van der Waals surface area contributed by atoms with E-state index in [-0.39, 0.29) is 12.3 Å². The summed E-state index contributed by atoms with van der Waals surface area (Å²) < 4.78 is 0. The van der Waals surface area contributed by atoms with Crippen molar-refractivity contribution < 1.29 is 19.2 Å². The van der Waals surface area contributed by atoms with Crippen molar-refractivity contribution in [2.24, 2.45) is 11.7 Å². The predicted molar refractivity (Wildman–Crippen MR) is 57.9 cm³/mol. The molecule has 17 heavy (non-hydrogen) atoms. The van der Waals surface area contributed by atoms with Gasteiger partial charge in [-0.15, -0.1) is 5.59 Å². The van der Waals surface area contributed by atoms with Crippen LogP contribution in [0.3, 0.4) is 0 Å². The fourth-order valence-electron chi connectivity index (χ4n) is 0.406. The summed E-state index contributed by atoms with van der Waals surface area (Å²) in [4.78, 5) is 35.4. The third-order valence-electron chi connectivity index (χ3n) is 1.09. The molecule has 0 aliphatic rings. The monoisotopic (exact) mass is 250 g/mol. The number of carbonyl (C=O) groups is 3. The van der Waals surface area contributed by atoms with Crippen molar-refractivity contribution in [1.82, 2.24) is 21.9 Å². The Morgan fingerprint density at radius 1 is 1.12 bits per heavy atom. The van der Waals surface area contributed by atoms with Crippen molar-refractivity contribution in [3.05, 3.63) is 0 Å². The molecule has 0 spiro atoms.